The Labute approximate surface area is 211 Å². The lowest BCUT2D eigenvalue weighted by molar-refractivity contribution is 0.334. The molecule has 182 valence electrons. The fourth-order valence-electron chi connectivity index (χ4n) is 4.68. The molecule has 1 aliphatic heterocycles. The summed E-state index contributed by atoms with van der Waals surface area (Å²) < 4.78 is 0. The second-order valence-electron chi connectivity index (χ2n) is 9.19. The average Bonchev–Trinajstić information content (AvgIpc) is 3.19. The van der Waals surface area contributed by atoms with Crippen LogP contribution in [0.5, 0.6) is 0 Å². The van der Waals surface area contributed by atoms with E-state index < -0.39 is 0 Å². The van der Waals surface area contributed by atoms with Crippen LogP contribution < -0.4 is 10.5 Å². The van der Waals surface area contributed by atoms with Gasteiger partial charge < -0.3 is 10.2 Å². The minimum absolute atomic E-state index is 0.326. The van der Waals surface area contributed by atoms with Crippen LogP contribution in [0.1, 0.15) is 67.2 Å². The predicted molar refractivity (Wildman–Crippen MR) is 149 cm³/mol. The molecule has 3 rings (SSSR count). The molecule has 0 fully saturated rings. The lowest BCUT2D eigenvalue weighted by Crippen LogP contribution is -2.27. The van der Waals surface area contributed by atoms with Crippen LogP contribution >= 0.6 is 11.9 Å². The first kappa shape index (κ1) is 26.3. The number of benzene rings is 2. The molecule has 0 saturated carbocycles. The minimum Gasteiger partial charge on any atom is -0.361 e. The van der Waals surface area contributed by atoms with Crippen molar-refractivity contribution in [1.29, 1.82) is 0 Å². The summed E-state index contributed by atoms with van der Waals surface area (Å²) in [6.45, 7) is 15.2. The summed E-state index contributed by atoms with van der Waals surface area (Å²) in [5, 5.41) is 9.12. The van der Waals surface area contributed by atoms with Crippen LogP contribution in [0, 0.1) is 0 Å². The van der Waals surface area contributed by atoms with Crippen molar-refractivity contribution in [2.24, 2.45) is 5.14 Å². The Balaban J connectivity index is 1.30. The highest BCUT2D eigenvalue weighted by molar-refractivity contribution is 7.97. The highest BCUT2D eigenvalue weighted by atomic mass is 32.2. The van der Waals surface area contributed by atoms with E-state index in [9.17, 15) is 0 Å². The fraction of sp³-hybridized carbons (Fsp3) is 0.400. The summed E-state index contributed by atoms with van der Waals surface area (Å²) in [5.74, 6) is 0. The Morgan fingerprint density at radius 3 is 2.47 bits per heavy atom. The smallest absolute Gasteiger partial charge is 0.0477 e. The zero-order valence-electron chi connectivity index (χ0n) is 20.6. The van der Waals surface area contributed by atoms with E-state index in [0.29, 0.717) is 6.04 Å². The Bertz CT molecular complexity index is 935. The zero-order chi connectivity index (χ0) is 24.2. The van der Waals surface area contributed by atoms with E-state index in [1.165, 1.54) is 66.3 Å². The van der Waals surface area contributed by atoms with Crippen LogP contribution in [0.15, 0.2) is 79.2 Å². The van der Waals surface area contributed by atoms with Gasteiger partial charge in [0.1, 0.15) is 0 Å². The van der Waals surface area contributed by atoms with Crippen LogP contribution in [0.3, 0.4) is 0 Å². The number of hydrogen-bond acceptors (Lipinski definition) is 4. The molecular weight excluding hydrogens is 434 g/mol. The molecule has 0 amide bonds. The maximum atomic E-state index is 5.57. The first-order valence-electron chi connectivity index (χ1n) is 12.6. The molecule has 1 aliphatic rings. The van der Waals surface area contributed by atoms with Gasteiger partial charge in [-0.05, 0) is 79.4 Å². The summed E-state index contributed by atoms with van der Waals surface area (Å²) in [6, 6.07) is 15.7. The fourth-order valence-corrected chi connectivity index (χ4v) is 4.98. The molecule has 1 unspecified atom stereocenters. The molecule has 0 spiro atoms. The van der Waals surface area contributed by atoms with E-state index in [-0.39, 0.29) is 0 Å². The van der Waals surface area contributed by atoms with E-state index in [1.54, 1.807) is 0 Å². The van der Waals surface area contributed by atoms with Crippen molar-refractivity contribution >= 4 is 17.6 Å². The molecule has 0 aromatic heterocycles. The summed E-state index contributed by atoms with van der Waals surface area (Å²) in [6.07, 6.45) is 13.6. The van der Waals surface area contributed by atoms with E-state index in [1.807, 2.05) is 6.08 Å². The summed E-state index contributed by atoms with van der Waals surface area (Å²) in [5.41, 5.74) is 6.62. The second kappa shape index (κ2) is 14.2. The first-order chi connectivity index (χ1) is 16.7. The number of rotatable bonds is 16. The molecule has 1 atom stereocenters. The molecule has 3 N–H and O–H groups in total. The number of aryl methyl sites for hydroxylation is 1. The van der Waals surface area contributed by atoms with Crippen molar-refractivity contribution in [1.82, 2.24) is 10.2 Å². The monoisotopic (exact) mass is 475 g/mol. The molecule has 0 bridgehead atoms. The summed E-state index contributed by atoms with van der Waals surface area (Å²) >= 11 is 1.29. The molecule has 2 aromatic rings. The standard InChI is InChI=1S/C30H41N3S/c1-4-6-13-28(5-2)33-23-27-21-25(16-19-30(27)24(33)3)12-10-8-7-9-11-20-32-22-26-14-17-29(34-31)18-15-26/h4-5,14-19,21,28,32H,1-3,6-13,20,22-23,31H2. The number of unbranched alkanes of at least 4 members (excludes halogenated alkanes) is 4. The lowest BCUT2D eigenvalue weighted by Gasteiger charge is -2.27. The second-order valence-corrected chi connectivity index (χ2v) is 9.90. The Kier molecular flexibility index (Phi) is 11.0. The van der Waals surface area contributed by atoms with Gasteiger partial charge in [0.2, 0.25) is 0 Å². The van der Waals surface area contributed by atoms with Crippen molar-refractivity contribution in [3.63, 3.8) is 0 Å². The number of nitrogens with two attached hydrogens (primary N) is 1. The van der Waals surface area contributed by atoms with Crippen molar-refractivity contribution in [3.8, 4) is 0 Å². The molecule has 1 heterocycles. The van der Waals surface area contributed by atoms with Crippen LogP contribution in [-0.2, 0) is 19.5 Å². The maximum absolute atomic E-state index is 5.57. The molecule has 0 radical (unpaired) electrons. The third kappa shape index (κ3) is 7.63. The Hall–Kier alpha value is -2.27. The largest absolute Gasteiger partial charge is 0.361 e. The lowest BCUT2D eigenvalue weighted by atomic mass is 10.0. The Morgan fingerprint density at radius 1 is 1.00 bits per heavy atom. The van der Waals surface area contributed by atoms with Gasteiger partial charge in [-0.15, -0.1) is 13.2 Å². The number of nitrogens with zero attached hydrogens (tertiary/aromatic N) is 1. The number of allylic oxidation sites excluding steroid dienone is 1. The van der Waals surface area contributed by atoms with Crippen LogP contribution in [0.2, 0.25) is 0 Å². The molecule has 34 heavy (non-hydrogen) atoms. The third-order valence-corrected chi connectivity index (χ3v) is 7.26. The van der Waals surface area contributed by atoms with Crippen molar-refractivity contribution in [3.05, 3.63) is 96.6 Å². The molecular formula is C30H41N3S. The van der Waals surface area contributed by atoms with Crippen molar-refractivity contribution < 1.29 is 0 Å². The van der Waals surface area contributed by atoms with Crippen LogP contribution in [0.4, 0.5) is 0 Å². The van der Waals surface area contributed by atoms with E-state index in [4.69, 9.17) is 5.14 Å². The summed E-state index contributed by atoms with van der Waals surface area (Å²) in [7, 11) is 0. The average molecular weight is 476 g/mol. The van der Waals surface area contributed by atoms with Gasteiger partial charge in [-0.1, -0.05) is 68.3 Å². The highest BCUT2D eigenvalue weighted by Crippen LogP contribution is 2.35. The normalized spacial score (nSPS) is 13.7. The van der Waals surface area contributed by atoms with Gasteiger partial charge in [0.25, 0.3) is 0 Å². The number of hydrogen-bond donors (Lipinski definition) is 2. The van der Waals surface area contributed by atoms with E-state index in [2.05, 4.69) is 78.5 Å². The first-order valence-corrected chi connectivity index (χ1v) is 13.5. The quantitative estimate of drug-likeness (QED) is 0.152. The van der Waals surface area contributed by atoms with E-state index >= 15 is 0 Å². The maximum Gasteiger partial charge on any atom is 0.0477 e. The molecule has 4 heteroatoms. The third-order valence-electron chi connectivity index (χ3n) is 6.71. The number of nitrogens with one attached hydrogen (secondary N) is 1. The topological polar surface area (TPSA) is 41.3 Å². The van der Waals surface area contributed by atoms with Crippen LogP contribution in [0.25, 0.3) is 5.70 Å². The van der Waals surface area contributed by atoms with Gasteiger partial charge in [-0.25, -0.2) is 0 Å². The zero-order valence-corrected chi connectivity index (χ0v) is 21.4. The molecule has 3 nitrogen and oxygen atoms in total. The van der Waals surface area contributed by atoms with Crippen LogP contribution in [-0.4, -0.2) is 17.5 Å². The van der Waals surface area contributed by atoms with Gasteiger partial charge in [-0.3, -0.25) is 5.14 Å². The minimum atomic E-state index is 0.326. The van der Waals surface area contributed by atoms with Gasteiger partial charge in [0, 0.05) is 35.3 Å². The van der Waals surface area contributed by atoms with Crippen molar-refractivity contribution in [2.75, 3.05) is 6.54 Å². The van der Waals surface area contributed by atoms with Gasteiger partial charge in [-0.2, -0.15) is 0 Å². The highest BCUT2D eigenvalue weighted by Gasteiger charge is 2.26. The predicted octanol–water partition coefficient (Wildman–Crippen LogP) is 7.24. The van der Waals surface area contributed by atoms with Gasteiger partial charge in [0.15, 0.2) is 0 Å². The summed E-state index contributed by atoms with van der Waals surface area (Å²) in [4.78, 5) is 3.50. The molecule has 0 aliphatic carbocycles. The van der Waals surface area contributed by atoms with Gasteiger partial charge in [0.05, 0.1) is 0 Å². The molecule has 0 saturated heterocycles. The van der Waals surface area contributed by atoms with E-state index in [0.717, 1.165) is 49.5 Å². The number of fused-ring (bicyclic) bond motifs is 1. The molecule has 2 aromatic carbocycles. The SMILES string of the molecule is C=CCCC(C=C)N1Cc2cc(CCCCCCCNCc3ccc(SN)cc3)ccc2C1=C. The Morgan fingerprint density at radius 2 is 1.74 bits per heavy atom. The van der Waals surface area contributed by atoms with Crippen molar-refractivity contribution in [2.45, 2.75) is 75.4 Å². The van der Waals surface area contributed by atoms with Gasteiger partial charge >= 0.3 is 0 Å².